The number of hydrogen-bond acceptors (Lipinski definition) is 3. The van der Waals surface area contributed by atoms with Gasteiger partial charge in [-0.15, -0.1) is 0 Å². The predicted molar refractivity (Wildman–Crippen MR) is 78.2 cm³/mol. The van der Waals surface area contributed by atoms with Gasteiger partial charge < -0.3 is 15.1 Å². The smallest absolute Gasteiger partial charge is 0.0366 e. The normalized spacial score (nSPS) is 21.6. The Bertz CT molecular complexity index is 372. The van der Waals surface area contributed by atoms with Gasteiger partial charge in [0.05, 0.1) is 0 Å². The van der Waals surface area contributed by atoms with Gasteiger partial charge >= 0.3 is 0 Å². The van der Waals surface area contributed by atoms with Crippen molar-refractivity contribution in [1.82, 2.24) is 10.2 Å². The summed E-state index contributed by atoms with van der Waals surface area (Å²) in [5.74, 6) is 0. The Morgan fingerprint density at radius 3 is 2.44 bits per heavy atom. The number of anilines is 1. The van der Waals surface area contributed by atoms with E-state index in [9.17, 15) is 0 Å². The molecule has 2 rings (SSSR count). The van der Waals surface area contributed by atoms with E-state index in [1.807, 2.05) is 7.05 Å². The molecule has 1 saturated heterocycles. The molecule has 18 heavy (non-hydrogen) atoms. The first-order chi connectivity index (χ1) is 8.61. The highest BCUT2D eigenvalue weighted by molar-refractivity contribution is 5.49. The number of hydrogen-bond donors (Lipinski definition) is 1. The number of nitrogens with zero attached hydrogens (tertiary/aromatic N) is 2. The van der Waals surface area contributed by atoms with Crippen LogP contribution in [0.5, 0.6) is 0 Å². The second kappa shape index (κ2) is 5.72. The van der Waals surface area contributed by atoms with E-state index in [0.29, 0.717) is 12.1 Å². The summed E-state index contributed by atoms with van der Waals surface area (Å²) in [6.45, 7) is 4.50. The maximum absolute atomic E-state index is 3.27. The van der Waals surface area contributed by atoms with Crippen LogP contribution in [0.4, 0.5) is 5.69 Å². The third kappa shape index (κ3) is 2.85. The van der Waals surface area contributed by atoms with Crippen molar-refractivity contribution < 1.29 is 0 Å². The summed E-state index contributed by atoms with van der Waals surface area (Å²) in [4.78, 5) is 4.82. The van der Waals surface area contributed by atoms with Crippen molar-refractivity contribution in [3.8, 4) is 0 Å². The summed E-state index contributed by atoms with van der Waals surface area (Å²) < 4.78 is 0. The van der Waals surface area contributed by atoms with Crippen LogP contribution in [0, 0.1) is 0 Å². The minimum absolute atomic E-state index is 0.423. The maximum Gasteiger partial charge on any atom is 0.0366 e. The fourth-order valence-corrected chi connectivity index (χ4v) is 2.54. The number of nitrogens with one attached hydrogen (secondary N) is 1. The molecule has 0 aromatic heterocycles. The van der Waals surface area contributed by atoms with Gasteiger partial charge in [0.1, 0.15) is 0 Å². The van der Waals surface area contributed by atoms with Crippen molar-refractivity contribution >= 4 is 5.69 Å². The molecule has 1 aromatic rings. The summed E-state index contributed by atoms with van der Waals surface area (Å²) in [6.07, 6.45) is 1.27. The lowest BCUT2D eigenvalue weighted by Gasteiger charge is -2.22. The monoisotopic (exact) mass is 247 g/mol. The first-order valence-electron chi connectivity index (χ1n) is 6.80. The number of rotatable bonds is 4. The SMILES string of the molecule is CNC(C)c1ccc(N2CCC(N(C)C)C2)cc1. The van der Waals surface area contributed by atoms with Crippen molar-refractivity contribution in [2.75, 3.05) is 39.1 Å². The zero-order valence-electron chi connectivity index (χ0n) is 12.0. The van der Waals surface area contributed by atoms with Gasteiger partial charge in [-0.1, -0.05) is 12.1 Å². The first-order valence-corrected chi connectivity index (χ1v) is 6.80. The molecule has 1 N–H and O–H groups in total. The average Bonchev–Trinajstić information content (AvgIpc) is 2.88. The van der Waals surface area contributed by atoms with E-state index < -0.39 is 0 Å². The standard InChI is InChI=1S/C15H25N3/c1-12(16-2)13-5-7-14(8-6-13)18-10-9-15(11-18)17(3)4/h5-8,12,15-16H,9-11H2,1-4H3. The van der Waals surface area contributed by atoms with Gasteiger partial charge in [-0.3, -0.25) is 0 Å². The molecular weight excluding hydrogens is 222 g/mol. The summed E-state index contributed by atoms with van der Waals surface area (Å²) >= 11 is 0. The summed E-state index contributed by atoms with van der Waals surface area (Å²) in [5, 5.41) is 3.27. The Kier molecular flexibility index (Phi) is 4.25. The lowest BCUT2D eigenvalue weighted by Crippen LogP contribution is -2.31. The van der Waals surface area contributed by atoms with E-state index in [-0.39, 0.29) is 0 Å². The van der Waals surface area contributed by atoms with Crippen molar-refractivity contribution in [2.45, 2.75) is 25.4 Å². The van der Waals surface area contributed by atoms with Crippen molar-refractivity contribution in [3.63, 3.8) is 0 Å². The van der Waals surface area contributed by atoms with Gasteiger partial charge in [0, 0.05) is 30.9 Å². The van der Waals surface area contributed by atoms with Crippen molar-refractivity contribution in [1.29, 1.82) is 0 Å². The number of benzene rings is 1. The molecule has 1 fully saturated rings. The molecule has 2 unspecified atom stereocenters. The number of likely N-dealkylation sites (N-methyl/N-ethyl adjacent to an activating group) is 1. The van der Waals surface area contributed by atoms with Gasteiger partial charge in [-0.2, -0.15) is 0 Å². The van der Waals surface area contributed by atoms with Crippen LogP contribution in [0.3, 0.4) is 0 Å². The molecule has 1 aliphatic heterocycles. The highest BCUT2D eigenvalue weighted by Crippen LogP contribution is 2.23. The lowest BCUT2D eigenvalue weighted by atomic mass is 10.1. The van der Waals surface area contributed by atoms with Crippen LogP contribution in [-0.2, 0) is 0 Å². The highest BCUT2D eigenvalue weighted by Gasteiger charge is 2.23. The fourth-order valence-electron chi connectivity index (χ4n) is 2.54. The summed E-state index contributed by atoms with van der Waals surface area (Å²) in [7, 11) is 6.35. The van der Waals surface area contributed by atoms with E-state index >= 15 is 0 Å². The van der Waals surface area contributed by atoms with Crippen molar-refractivity contribution in [2.24, 2.45) is 0 Å². The average molecular weight is 247 g/mol. The third-order valence-corrected chi connectivity index (χ3v) is 4.08. The Labute approximate surface area is 111 Å². The minimum atomic E-state index is 0.423. The minimum Gasteiger partial charge on any atom is -0.370 e. The molecule has 0 saturated carbocycles. The molecule has 100 valence electrons. The first kappa shape index (κ1) is 13.4. The third-order valence-electron chi connectivity index (χ3n) is 4.08. The highest BCUT2D eigenvalue weighted by atomic mass is 15.2. The topological polar surface area (TPSA) is 18.5 Å². The fraction of sp³-hybridized carbons (Fsp3) is 0.600. The van der Waals surface area contributed by atoms with Gasteiger partial charge in [0.2, 0.25) is 0 Å². The molecule has 0 amide bonds. The Balaban J connectivity index is 2.02. The van der Waals surface area contributed by atoms with Crippen LogP contribution in [0.2, 0.25) is 0 Å². The second-order valence-electron chi connectivity index (χ2n) is 5.45. The molecule has 0 spiro atoms. The molecule has 3 heteroatoms. The van der Waals surface area contributed by atoms with Gasteiger partial charge in [0.15, 0.2) is 0 Å². The Hall–Kier alpha value is -1.06. The van der Waals surface area contributed by atoms with E-state index in [1.165, 1.54) is 24.2 Å². The van der Waals surface area contributed by atoms with Crippen molar-refractivity contribution in [3.05, 3.63) is 29.8 Å². The maximum atomic E-state index is 3.27. The van der Waals surface area contributed by atoms with Crippen LogP contribution in [-0.4, -0.2) is 45.2 Å². The second-order valence-corrected chi connectivity index (χ2v) is 5.45. The van der Waals surface area contributed by atoms with Crippen LogP contribution in [0.15, 0.2) is 24.3 Å². The zero-order chi connectivity index (χ0) is 13.1. The quantitative estimate of drug-likeness (QED) is 0.879. The molecule has 1 heterocycles. The van der Waals surface area contributed by atoms with Crippen LogP contribution >= 0.6 is 0 Å². The molecule has 0 aliphatic carbocycles. The largest absolute Gasteiger partial charge is 0.370 e. The summed E-state index contributed by atoms with van der Waals surface area (Å²) in [5.41, 5.74) is 2.70. The molecule has 3 nitrogen and oxygen atoms in total. The van der Waals surface area contributed by atoms with Gasteiger partial charge in [-0.25, -0.2) is 0 Å². The Morgan fingerprint density at radius 1 is 1.28 bits per heavy atom. The van der Waals surface area contributed by atoms with Crippen LogP contribution < -0.4 is 10.2 Å². The van der Waals surface area contributed by atoms with E-state index in [1.54, 1.807) is 0 Å². The molecule has 0 radical (unpaired) electrons. The molecule has 0 bridgehead atoms. The molecule has 1 aromatic carbocycles. The van der Waals surface area contributed by atoms with Gasteiger partial charge in [0.25, 0.3) is 0 Å². The van der Waals surface area contributed by atoms with Crippen LogP contribution in [0.1, 0.15) is 24.9 Å². The zero-order valence-corrected chi connectivity index (χ0v) is 12.0. The van der Waals surface area contributed by atoms with E-state index in [4.69, 9.17) is 0 Å². The predicted octanol–water partition coefficient (Wildman–Crippen LogP) is 2.11. The molecule has 1 aliphatic rings. The van der Waals surface area contributed by atoms with E-state index in [0.717, 1.165) is 6.54 Å². The van der Waals surface area contributed by atoms with Crippen LogP contribution in [0.25, 0.3) is 0 Å². The molecule has 2 atom stereocenters. The van der Waals surface area contributed by atoms with Gasteiger partial charge in [-0.05, 0) is 52.2 Å². The summed E-state index contributed by atoms with van der Waals surface area (Å²) in [6, 6.07) is 10.1. The Morgan fingerprint density at radius 2 is 1.94 bits per heavy atom. The van der Waals surface area contributed by atoms with E-state index in [2.05, 4.69) is 60.4 Å². The molecular formula is C15H25N3. The lowest BCUT2D eigenvalue weighted by molar-refractivity contribution is 0.315.